The zero-order valence-electron chi connectivity index (χ0n) is 9.30. The fraction of sp³-hybridized carbons (Fsp3) is 0.364. The number of carbonyl (C=O) groups is 1. The third-order valence-electron chi connectivity index (χ3n) is 2.26. The summed E-state index contributed by atoms with van der Waals surface area (Å²) in [7, 11) is 1.27. The minimum atomic E-state index is -2.89. The molecular weight excluding hydrogens is 298 g/mol. The number of alkyl halides is 2. The molecule has 6 heteroatoms. The van der Waals surface area contributed by atoms with E-state index in [2.05, 4.69) is 25.4 Å². The highest BCUT2D eigenvalue weighted by Gasteiger charge is 2.15. The lowest BCUT2D eigenvalue weighted by atomic mass is 10.1. The largest absolute Gasteiger partial charge is 0.469 e. The van der Waals surface area contributed by atoms with Gasteiger partial charge >= 0.3 is 12.6 Å². The normalized spacial score (nSPS) is 10.5. The van der Waals surface area contributed by atoms with Gasteiger partial charge in [0.05, 0.1) is 13.5 Å². The molecule has 0 fully saturated rings. The number of carbonyl (C=O) groups excluding carboxylic acids is 1. The third-order valence-corrected chi connectivity index (χ3v) is 3.00. The van der Waals surface area contributed by atoms with Crippen LogP contribution in [0.25, 0.3) is 0 Å². The Kier molecular flexibility index (Phi) is 4.86. The highest BCUT2D eigenvalue weighted by atomic mass is 79.9. The number of benzene rings is 1. The van der Waals surface area contributed by atoms with Crippen LogP contribution in [0.3, 0.4) is 0 Å². The number of halogens is 3. The molecule has 0 heterocycles. The highest BCUT2D eigenvalue weighted by Crippen LogP contribution is 2.30. The van der Waals surface area contributed by atoms with Crippen LogP contribution in [0.5, 0.6) is 5.75 Å². The van der Waals surface area contributed by atoms with Gasteiger partial charge in [0.2, 0.25) is 0 Å². The van der Waals surface area contributed by atoms with E-state index < -0.39 is 12.6 Å². The zero-order chi connectivity index (χ0) is 13.0. The van der Waals surface area contributed by atoms with Crippen molar-refractivity contribution in [3.8, 4) is 5.75 Å². The monoisotopic (exact) mass is 308 g/mol. The fourth-order valence-corrected chi connectivity index (χ4v) is 1.93. The SMILES string of the molecule is COC(=O)Cc1c(Br)ccc(OC(F)F)c1C. The van der Waals surface area contributed by atoms with Gasteiger partial charge in [0.25, 0.3) is 0 Å². The van der Waals surface area contributed by atoms with Crippen molar-refractivity contribution < 1.29 is 23.0 Å². The van der Waals surface area contributed by atoms with Crippen molar-refractivity contribution in [3.63, 3.8) is 0 Å². The van der Waals surface area contributed by atoms with Crippen LogP contribution < -0.4 is 4.74 Å². The fourth-order valence-electron chi connectivity index (χ4n) is 1.36. The van der Waals surface area contributed by atoms with Crippen molar-refractivity contribution in [1.29, 1.82) is 0 Å². The summed E-state index contributed by atoms with van der Waals surface area (Å²) in [5.41, 5.74) is 1.07. The molecule has 3 nitrogen and oxygen atoms in total. The molecule has 0 saturated heterocycles. The van der Waals surface area contributed by atoms with Crippen LogP contribution in [0.1, 0.15) is 11.1 Å². The van der Waals surface area contributed by atoms with Crippen molar-refractivity contribution in [2.24, 2.45) is 0 Å². The van der Waals surface area contributed by atoms with E-state index in [1.165, 1.54) is 13.2 Å². The number of rotatable bonds is 4. The van der Waals surface area contributed by atoms with Gasteiger partial charge in [-0.3, -0.25) is 4.79 Å². The standard InChI is InChI=1S/C11H11BrF2O3/c1-6-7(5-10(15)16-2)8(12)3-4-9(6)17-11(13)14/h3-4,11H,5H2,1-2H3. The lowest BCUT2D eigenvalue weighted by molar-refractivity contribution is -0.139. The average molecular weight is 309 g/mol. The Labute approximate surface area is 106 Å². The molecule has 0 spiro atoms. The maximum Gasteiger partial charge on any atom is 0.387 e. The summed E-state index contributed by atoms with van der Waals surface area (Å²) < 4.78 is 33.8. The van der Waals surface area contributed by atoms with E-state index >= 15 is 0 Å². The Bertz CT molecular complexity index is 421. The van der Waals surface area contributed by atoms with Crippen LogP contribution in [0.4, 0.5) is 8.78 Å². The molecule has 0 unspecified atom stereocenters. The lowest BCUT2D eigenvalue weighted by Gasteiger charge is -2.13. The van der Waals surface area contributed by atoms with Gasteiger partial charge in [0.15, 0.2) is 0 Å². The Morgan fingerprint density at radius 3 is 2.65 bits per heavy atom. The lowest BCUT2D eigenvalue weighted by Crippen LogP contribution is -2.09. The van der Waals surface area contributed by atoms with Gasteiger partial charge in [0, 0.05) is 4.47 Å². The molecule has 1 rings (SSSR count). The first kappa shape index (κ1) is 13.9. The van der Waals surface area contributed by atoms with Crippen LogP contribution in [0, 0.1) is 6.92 Å². The maximum atomic E-state index is 12.1. The number of hydrogen-bond acceptors (Lipinski definition) is 3. The number of esters is 1. The summed E-state index contributed by atoms with van der Waals surface area (Å²) in [6.45, 7) is -1.28. The Hall–Kier alpha value is -1.17. The van der Waals surface area contributed by atoms with Crippen molar-refractivity contribution in [2.45, 2.75) is 20.0 Å². The van der Waals surface area contributed by atoms with Gasteiger partial charge in [-0.1, -0.05) is 15.9 Å². The molecule has 0 saturated carbocycles. The first-order chi connectivity index (χ1) is 7.95. The van der Waals surface area contributed by atoms with Gasteiger partial charge < -0.3 is 9.47 Å². The molecule has 0 aromatic heterocycles. The Morgan fingerprint density at radius 2 is 2.12 bits per heavy atom. The average Bonchev–Trinajstić information content (AvgIpc) is 2.27. The first-order valence-corrected chi connectivity index (χ1v) is 5.54. The van der Waals surface area contributed by atoms with E-state index in [0.29, 0.717) is 15.6 Å². The van der Waals surface area contributed by atoms with Crippen molar-refractivity contribution in [1.82, 2.24) is 0 Å². The van der Waals surface area contributed by atoms with E-state index in [-0.39, 0.29) is 12.2 Å². The minimum absolute atomic E-state index is 0.00333. The summed E-state index contributed by atoms with van der Waals surface area (Å²) in [6.07, 6.45) is 0.00333. The number of hydrogen-bond donors (Lipinski definition) is 0. The maximum absolute atomic E-state index is 12.1. The Balaban J connectivity index is 3.06. The molecule has 0 radical (unpaired) electrons. The number of methoxy groups -OCH3 is 1. The smallest absolute Gasteiger partial charge is 0.387 e. The van der Waals surface area contributed by atoms with Crippen molar-refractivity contribution >= 4 is 21.9 Å². The third kappa shape index (κ3) is 3.66. The van der Waals surface area contributed by atoms with Gasteiger partial charge in [-0.2, -0.15) is 8.78 Å². The second-order valence-electron chi connectivity index (χ2n) is 3.28. The van der Waals surface area contributed by atoms with Crippen LogP contribution in [0.2, 0.25) is 0 Å². The molecule has 0 aliphatic rings. The minimum Gasteiger partial charge on any atom is -0.469 e. The molecule has 0 bridgehead atoms. The second-order valence-corrected chi connectivity index (χ2v) is 4.13. The van der Waals surface area contributed by atoms with E-state index in [4.69, 9.17) is 0 Å². The molecule has 94 valence electrons. The van der Waals surface area contributed by atoms with E-state index in [0.717, 1.165) is 0 Å². The molecule has 0 amide bonds. The molecule has 0 N–H and O–H groups in total. The van der Waals surface area contributed by atoms with Gasteiger partial charge in [-0.15, -0.1) is 0 Å². The molecule has 17 heavy (non-hydrogen) atoms. The summed E-state index contributed by atoms with van der Waals surface area (Å²) in [5.74, 6) is -0.384. The van der Waals surface area contributed by atoms with Gasteiger partial charge in [-0.25, -0.2) is 0 Å². The molecule has 1 aromatic rings. The predicted molar refractivity (Wildman–Crippen MR) is 61.2 cm³/mol. The van der Waals surface area contributed by atoms with E-state index in [1.807, 2.05) is 0 Å². The number of ether oxygens (including phenoxy) is 2. The molecule has 1 aromatic carbocycles. The summed E-state index contributed by atoms with van der Waals surface area (Å²) >= 11 is 3.25. The van der Waals surface area contributed by atoms with E-state index in [1.54, 1.807) is 13.0 Å². The molecule has 0 aliphatic carbocycles. The first-order valence-electron chi connectivity index (χ1n) is 4.75. The van der Waals surface area contributed by atoms with Gasteiger partial charge in [-0.05, 0) is 30.2 Å². The molecule has 0 atom stereocenters. The second kappa shape index (κ2) is 5.95. The summed E-state index contributed by atoms with van der Waals surface area (Å²) in [6, 6.07) is 2.98. The predicted octanol–water partition coefficient (Wildman–Crippen LogP) is 3.07. The highest BCUT2D eigenvalue weighted by molar-refractivity contribution is 9.10. The Morgan fingerprint density at radius 1 is 1.47 bits per heavy atom. The van der Waals surface area contributed by atoms with Crippen LogP contribution in [-0.2, 0) is 16.0 Å². The van der Waals surface area contributed by atoms with E-state index in [9.17, 15) is 13.6 Å². The van der Waals surface area contributed by atoms with Crippen molar-refractivity contribution in [3.05, 3.63) is 27.7 Å². The van der Waals surface area contributed by atoms with Crippen LogP contribution >= 0.6 is 15.9 Å². The van der Waals surface area contributed by atoms with Crippen LogP contribution in [-0.4, -0.2) is 19.7 Å². The zero-order valence-corrected chi connectivity index (χ0v) is 10.9. The molecular formula is C11H11BrF2O3. The van der Waals surface area contributed by atoms with Crippen molar-refractivity contribution in [2.75, 3.05) is 7.11 Å². The van der Waals surface area contributed by atoms with Crippen LogP contribution in [0.15, 0.2) is 16.6 Å². The van der Waals surface area contributed by atoms with Gasteiger partial charge in [0.1, 0.15) is 5.75 Å². The quantitative estimate of drug-likeness (QED) is 0.802. The molecule has 0 aliphatic heterocycles. The summed E-state index contributed by atoms with van der Waals surface area (Å²) in [4.78, 5) is 11.2. The summed E-state index contributed by atoms with van der Waals surface area (Å²) in [5, 5.41) is 0. The topological polar surface area (TPSA) is 35.5 Å².